The van der Waals surface area contributed by atoms with E-state index in [9.17, 15) is 0 Å². The topological polar surface area (TPSA) is 38.5 Å². The molecule has 1 aromatic carbocycles. The van der Waals surface area contributed by atoms with E-state index in [2.05, 4.69) is 11.9 Å². The van der Waals surface area contributed by atoms with E-state index in [0.29, 0.717) is 0 Å². The highest BCUT2D eigenvalue weighted by Crippen LogP contribution is 2.25. The quantitative estimate of drug-likeness (QED) is 0.820. The fourth-order valence-corrected chi connectivity index (χ4v) is 1.89. The van der Waals surface area contributed by atoms with Crippen molar-refractivity contribution in [2.75, 3.05) is 20.2 Å². The molecule has 0 aliphatic heterocycles. The van der Waals surface area contributed by atoms with E-state index >= 15 is 0 Å². The number of nitrogens with zero attached hydrogens (tertiary/aromatic N) is 1. The minimum atomic E-state index is 0.0627. The Labute approximate surface area is 104 Å². The molecule has 2 rings (SSSR count). The molecule has 1 aliphatic rings. The Morgan fingerprint density at radius 1 is 1.47 bits per heavy atom. The van der Waals surface area contributed by atoms with Crippen LogP contribution in [0.4, 0.5) is 0 Å². The number of ether oxygens (including phenoxy) is 1. The fourth-order valence-electron chi connectivity index (χ4n) is 1.89. The molecule has 1 aromatic rings. The van der Waals surface area contributed by atoms with Gasteiger partial charge in [0.25, 0.3) is 0 Å². The summed E-state index contributed by atoms with van der Waals surface area (Å²) in [6.45, 7) is 3.72. The van der Waals surface area contributed by atoms with Crippen LogP contribution in [0.1, 0.15) is 31.4 Å². The molecule has 0 bridgehead atoms. The van der Waals surface area contributed by atoms with E-state index in [1.54, 1.807) is 0 Å². The van der Waals surface area contributed by atoms with Crippen LogP contribution in [0.25, 0.3) is 0 Å². The molecule has 3 nitrogen and oxygen atoms in total. The summed E-state index contributed by atoms with van der Waals surface area (Å²) >= 11 is 0. The number of benzene rings is 1. The molecule has 0 saturated heterocycles. The standard InChI is InChI=1S/C14H22N2O/c1-11(15)12-4-3-5-14(10-12)17-9-8-16(2)13-6-7-13/h3-5,10-11,13H,6-9,15H2,1-2H3. The van der Waals surface area contributed by atoms with Crippen molar-refractivity contribution in [3.05, 3.63) is 29.8 Å². The highest BCUT2D eigenvalue weighted by Gasteiger charge is 2.25. The molecular weight excluding hydrogens is 212 g/mol. The van der Waals surface area contributed by atoms with Crippen LogP contribution in [0.5, 0.6) is 5.75 Å². The molecule has 1 saturated carbocycles. The van der Waals surface area contributed by atoms with Crippen LogP contribution >= 0.6 is 0 Å². The Balaban J connectivity index is 1.79. The second-order valence-corrected chi connectivity index (χ2v) is 4.92. The Morgan fingerprint density at radius 2 is 2.24 bits per heavy atom. The van der Waals surface area contributed by atoms with Crippen molar-refractivity contribution in [1.29, 1.82) is 0 Å². The van der Waals surface area contributed by atoms with Gasteiger partial charge in [-0.15, -0.1) is 0 Å². The third kappa shape index (κ3) is 3.72. The molecule has 17 heavy (non-hydrogen) atoms. The van der Waals surface area contributed by atoms with Gasteiger partial charge in [-0.1, -0.05) is 12.1 Å². The highest BCUT2D eigenvalue weighted by atomic mass is 16.5. The van der Waals surface area contributed by atoms with Gasteiger partial charge in [-0.25, -0.2) is 0 Å². The first-order chi connectivity index (χ1) is 8.16. The molecule has 0 spiro atoms. The molecule has 3 heteroatoms. The smallest absolute Gasteiger partial charge is 0.119 e. The lowest BCUT2D eigenvalue weighted by atomic mass is 10.1. The lowest BCUT2D eigenvalue weighted by Gasteiger charge is -2.16. The van der Waals surface area contributed by atoms with Gasteiger partial charge >= 0.3 is 0 Å². The summed E-state index contributed by atoms with van der Waals surface area (Å²) in [5.74, 6) is 0.920. The lowest BCUT2D eigenvalue weighted by Crippen LogP contribution is -2.26. The van der Waals surface area contributed by atoms with Gasteiger partial charge in [0.2, 0.25) is 0 Å². The maximum absolute atomic E-state index is 5.84. The molecule has 1 atom stereocenters. The van der Waals surface area contributed by atoms with Gasteiger partial charge in [0.1, 0.15) is 12.4 Å². The molecule has 0 amide bonds. The summed E-state index contributed by atoms with van der Waals surface area (Å²) in [5.41, 5.74) is 6.97. The highest BCUT2D eigenvalue weighted by molar-refractivity contribution is 5.30. The zero-order valence-electron chi connectivity index (χ0n) is 10.7. The minimum Gasteiger partial charge on any atom is -0.492 e. The van der Waals surface area contributed by atoms with E-state index in [4.69, 9.17) is 10.5 Å². The molecule has 0 heterocycles. The minimum absolute atomic E-state index is 0.0627. The first kappa shape index (κ1) is 12.4. The Kier molecular flexibility index (Phi) is 4.02. The van der Waals surface area contributed by atoms with E-state index in [1.165, 1.54) is 12.8 Å². The molecule has 2 N–H and O–H groups in total. The van der Waals surface area contributed by atoms with Gasteiger partial charge in [0, 0.05) is 18.6 Å². The van der Waals surface area contributed by atoms with Crippen LogP contribution in [0, 0.1) is 0 Å². The largest absolute Gasteiger partial charge is 0.492 e. The van der Waals surface area contributed by atoms with Crippen molar-refractivity contribution in [1.82, 2.24) is 4.90 Å². The summed E-state index contributed by atoms with van der Waals surface area (Å²) in [6, 6.07) is 8.92. The third-order valence-corrected chi connectivity index (χ3v) is 3.27. The van der Waals surface area contributed by atoms with Gasteiger partial charge in [0.15, 0.2) is 0 Å². The molecule has 1 fully saturated rings. The number of hydrogen-bond donors (Lipinski definition) is 1. The Hall–Kier alpha value is -1.06. The number of likely N-dealkylation sites (N-methyl/N-ethyl adjacent to an activating group) is 1. The zero-order valence-corrected chi connectivity index (χ0v) is 10.7. The SMILES string of the molecule is CC(N)c1cccc(OCCN(C)C2CC2)c1. The molecule has 94 valence electrons. The van der Waals surface area contributed by atoms with Crippen LogP contribution in [0.2, 0.25) is 0 Å². The molecule has 1 aliphatic carbocycles. The van der Waals surface area contributed by atoms with Crippen LogP contribution in [0.15, 0.2) is 24.3 Å². The zero-order chi connectivity index (χ0) is 12.3. The maximum Gasteiger partial charge on any atom is 0.119 e. The van der Waals surface area contributed by atoms with E-state index < -0.39 is 0 Å². The van der Waals surface area contributed by atoms with Crippen LogP contribution < -0.4 is 10.5 Å². The number of hydrogen-bond acceptors (Lipinski definition) is 3. The Bertz CT molecular complexity index is 361. The van der Waals surface area contributed by atoms with Crippen molar-refractivity contribution in [2.24, 2.45) is 5.73 Å². The van der Waals surface area contributed by atoms with Crippen molar-refractivity contribution >= 4 is 0 Å². The molecule has 0 radical (unpaired) electrons. The molecule has 0 aromatic heterocycles. The predicted octanol–water partition coefficient (Wildman–Crippen LogP) is 2.18. The van der Waals surface area contributed by atoms with Crippen molar-refractivity contribution in [3.63, 3.8) is 0 Å². The lowest BCUT2D eigenvalue weighted by molar-refractivity contribution is 0.231. The second-order valence-electron chi connectivity index (χ2n) is 4.92. The van der Waals surface area contributed by atoms with Gasteiger partial charge in [0.05, 0.1) is 0 Å². The summed E-state index contributed by atoms with van der Waals surface area (Å²) in [4.78, 5) is 2.37. The molecular formula is C14H22N2O. The van der Waals surface area contributed by atoms with Gasteiger partial charge in [-0.2, -0.15) is 0 Å². The first-order valence-electron chi connectivity index (χ1n) is 6.35. The Morgan fingerprint density at radius 3 is 2.88 bits per heavy atom. The normalized spacial score (nSPS) is 17.2. The summed E-state index contributed by atoms with van der Waals surface area (Å²) < 4.78 is 5.75. The average molecular weight is 234 g/mol. The van der Waals surface area contributed by atoms with Gasteiger partial charge in [-0.05, 0) is 44.5 Å². The van der Waals surface area contributed by atoms with Crippen molar-refractivity contribution in [3.8, 4) is 5.75 Å². The van der Waals surface area contributed by atoms with Gasteiger partial charge < -0.3 is 15.4 Å². The predicted molar refractivity (Wildman–Crippen MR) is 70.2 cm³/mol. The van der Waals surface area contributed by atoms with E-state index in [0.717, 1.165) is 30.5 Å². The first-order valence-corrected chi connectivity index (χ1v) is 6.35. The van der Waals surface area contributed by atoms with E-state index in [-0.39, 0.29) is 6.04 Å². The van der Waals surface area contributed by atoms with Crippen molar-refractivity contribution in [2.45, 2.75) is 31.8 Å². The van der Waals surface area contributed by atoms with Crippen molar-refractivity contribution < 1.29 is 4.74 Å². The third-order valence-electron chi connectivity index (χ3n) is 3.27. The number of rotatable bonds is 6. The summed E-state index contributed by atoms with van der Waals surface area (Å²) in [5, 5.41) is 0. The fraction of sp³-hybridized carbons (Fsp3) is 0.571. The van der Waals surface area contributed by atoms with Crippen LogP contribution in [-0.2, 0) is 0 Å². The second kappa shape index (κ2) is 5.52. The summed E-state index contributed by atoms with van der Waals surface area (Å²) in [7, 11) is 2.17. The van der Waals surface area contributed by atoms with E-state index in [1.807, 2.05) is 31.2 Å². The maximum atomic E-state index is 5.84. The van der Waals surface area contributed by atoms with Crippen LogP contribution in [-0.4, -0.2) is 31.1 Å². The number of nitrogens with two attached hydrogens (primary N) is 1. The van der Waals surface area contributed by atoms with Crippen LogP contribution in [0.3, 0.4) is 0 Å². The van der Waals surface area contributed by atoms with Gasteiger partial charge in [-0.3, -0.25) is 0 Å². The summed E-state index contributed by atoms with van der Waals surface area (Å²) in [6.07, 6.45) is 2.69. The molecule has 1 unspecified atom stereocenters. The monoisotopic (exact) mass is 234 g/mol. The average Bonchev–Trinajstić information content (AvgIpc) is 3.13.